The maximum atomic E-state index is 12.9. The number of hydrogen-bond acceptors (Lipinski definition) is 6. The summed E-state index contributed by atoms with van der Waals surface area (Å²) in [5, 5.41) is 0. The van der Waals surface area contributed by atoms with Gasteiger partial charge in [0.05, 0.1) is 20.8 Å². The molecule has 1 amide bonds. The van der Waals surface area contributed by atoms with E-state index in [2.05, 4.69) is 11.2 Å². The van der Waals surface area contributed by atoms with Crippen LogP contribution in [0.3, 0.4) is 0 Å². The van der Waals surface area contributed by atoms with Gasteiger partial charge in [-0.15, -0.1) is 0 Å². The Morgan fingerprint density at radius 3 is 1.73 bits per heavy atom. The summed E-state index contributed by atoms with van der Waals surface area (Å²) in [6.07, 6.45) is -0.364. The fourth-order valence-electron chi connectivity index (χ4n) is 2.61. The Morgan fingerprint density at radius 2 is 1.33 bits per heavy atom. The van der Waals surface area contributed by atoms with Gasteiger partial charge in [-0.3, -0.25) is 0 Å². The van der Waals surface area contributed by atoms with E-state index in [0.717, 1.165) is 29.2 Å². The molecule has 0 aliphatic heterocycles. The number of carbonyl (C=O) groups excluding carboxylic acids is 1. The molecule has 0 aliphatic carbocycles. The van der Waals surface area contributed by atoms with Gasteiger partial charge < -0.3 is 14.2 Å². The van der Waals surface area contributed by atoms with E-state index in [1.165, 1.54) is 12.1 Å². The monoisotopic (exact) mass is 432 g/mol. The predicted octanol–water partition coefficient (Wildman–Crippen LogP) is 5.53. The summed E-state index contributed by atoms with van der Waals surface area (Å²) < 4.78 is 19.9. The second-order valence-electron chi connectivity index (χ2n) is 7.75. The molecule has 0 saturated heterocycles. The van der Waals surface area contributed by atoms with Crippen LogP contribution in [-0.4, -0.2) is 41.1 Å². The minimum Gasteiger partial charge on any atom is -0.497 e. The van der Waals surface area contributed by atoms with Crippen molar-refractivity contribution < 1.29 is 19.0 Å². The van der Waals surface area contributed by atoms with Crippen LogP contribution in [0, 0.1) is 0 Å². The third kappa shape index (κ3) is 7.80. The SMILES string of the molecule is CCN(Cc1ccc(OC)cc1)SN(Cc1ccc(OC)cc1)C(=O)OC(C)(C)C. The quantitative estimate of drug-likeness (QED) is 0.486. The molecule has 0 spiro atoms. The van der Waals surface area contributed by atoms with Gasteiger partial charge in [-0.25, -0.2) is 13.4 Å². The minimum absolute atomic E-state index is 0.364. The van der Waals surface area contributed by atoms with Gasteiger partial charge in [0, 0.05) is 25.2 Å². The van der Waals surface area contributed by atoms with Crippen molar-refractivity contribution in [2.24, 2.45) is 0 Å². The van der Waals surface area contributed by atoms with E-state index in [4.69, 9.17) is 14.2 Å². The molecule has 0 heterocycles. The van der Waals surface area contributed by atoms with Crippen LogP contribution in [0.1, 0.15) is 38.8 Å². The molecule has 0 aliphatic rings. The van der Waals surface area contributed by atoms with Gasteiger partial charge >= 0.3 is 6.09 Å². The van der Waals surface area contributed by atoms with Crippen molar-refractivity contribution in [1.82, 2.24) is 8.61 Å². The van der Waals surface area contributed by atoms with E-state index in [1.807, 2.05) is 69.3 Å². The largest absolute Gasteiger partial charge is 0.497 e. The van der Waals surface area contributed by atoms with Crippen molar-refractivity contribution in [2.45, 2.75) is 46.4 Å². The van der Waals surface area contributed by atoms with Gasteiger partial charge in [0.15, 0.2) is 0 Å². The van der Waals surface area contributed by atoms with Gasteiger partial charge in [0.25, 0.3) is 0 Å². The smallest absolute Gasteiger partial charge is 0.421 e. The number of hydrogen-bond donors (Lipinski definition) is 0. The molecular formula is C23H32N2O4S. The van der Waals surface area contributed by atoms with Crippen molar-refractivity contribution in [2.75, 3.05) is 20.8 Å². The first kappa shape index (κ1) is 23.9. The van der Waals surface area contributed by atoms with Gasteiger partial charge in [-0.2, -0.15) is 0 Å². The molecule has 0 radical (unpaired) electrons. The van der Waals surface area contributed by atoms with E-state index in [0.29, 0.717) is 13.1 Å². The molecule has 7 heteroatoms. The van der Waals surface area contributed by atoms with E-state index in [9.17, 15) is 4.79 Å². The van der Waals surface area contributed by atoms with Crippen LogP contribution in [0.15, 0.2) is 48.5 Å². The third-order valence-electron chi connectivity index (χ3n) is 4.17. The lowest BCUT2D eigenvalue weighted by molar-refractivity contribution is 0.0390. The highest BCUT2D eigenvalue weighted by atomic mass is 32.2. The molecule has 30 heavy (non-hydrogen) atoms. The highest BCUT2D eigenvalue weighted by Gasteiger charge is 2.25. The Balaban J connectivity index is 2.14. The first-order valence-electron chi connectivity index (χ1n) is 9.93. The summed E-state index contributed by atoms with van der Waals surface area (Å²) in [5.41, 5.74) is 1.57. The molecule has 0 bridgehead atoms. The second-order valence-corrected chi connectivity index (χ2v) is 8.87. The number of nitrogens with zero attached hydrogens (tertiary/aromatic N) is 2. The fraction of sp³-hybridized carbons (Fsp3) is 0.435. The van der Waals surface area contributed by atoms with Crippen LogP contribution in [-0.2, 0) is 17.8 Å². The van der Waals surface area contributed by atoms with Crippen LogP contribution in [0.25, 0.3) is 0 Å². The minimum atomic E-state index is -0.567. The molecule has 2 aromatic rings. The highest BCUT2D eigenvalue weighted by Crippen LogP contribution is 2.26. The maximum absolute atomic E-state index is 12.9. The Kier molecular flexibility index (Phi) is 8.87. The molecule has 0 atom stereocenters. The van der Waals surface area contributed by atoms with Crippen molar-refractivity contribution in [3.05, 3.63) is 59.7 Å². The fourth-order valence-corrected chi connectivity index (χ4v) is 3.52. The molecule has 0 N–H and O–H groups in total. The van der Waals surface area contributed by atoms with Crippen LogP contribution in [0.2, 0.25) is 0 Å². The molecule has 6 nitrogen and oxygen atoms in total. The predicted molar refractivity (Wildman–Crippen MR) is 121 cm³/mol. The number of ether oxygens (including phenoxy) is 3. The molecule has 0 saturated carbocycles. The lowest BCUT2D eigenvalue weighted by atomic mass is 10.2. The Morgan fingerprint density at radius 1 is 0.867 bits per heavy atom. The number of carbonyl (C=O) groups is 1. The summed E-state index contributed by atoms with van der Waals surface area (Å²) >= 11 is 1.38. The van der Waals surface area contributed by atoms with E-state index >= 15 is 0 Å². The molecular weight excluding hydrogens is 400 g/mol. The lowest BCUT2D eigenvalue weighted by Gasteiger charge is -2.30. The van der Waals surface area contributed by atoms with E-state index in [1.54, 1.807) is 18.5 Å². The van der Waals surface area contributed by atoms with E-state index < -0.39 is 5.60 Å². The Labute approximate surface area is 184 Å². The molecule has 0 aromatic heterocycles. The van der Waals surface area contributed by atoms with Crippen LogP contribution in [0.4, 0.5) is 4.79 Å². The molecule has 2 aromatic carbocycles. The highest BCUT2D eigenvalue weighted by molar-refractivity contribution is 7.95. The normalized spacial score (nSPS) is 11.3. The second kappa shape index (κ2) is 11.1. The molecule has 2 rings (SSSR count). The first-order valence-corrected chi connectivity index (χ1v) is 10.7. The molecule has 164 valence electrons. The molecule has 0 fully saturated rings. The van der Waals surface area contributed by atoms with Crippen molar-refractivity contribution >= 4 is 18.2 Å². The third-order valence-corrected chi connectivity index (χ3v) is 5.26. The zero-order valence-corrected chi connectivity index (χ0v) is 19.5. The summed E-state index contributed by atoms with van der Waals surface area (Å²) in [6.45, 7) is 9.55. The number of benzene rings is 2. The van der Waals surface area contributed by atoms with Gasteiger partial charge in [-0.1, -0.05) is 31.2 Å². The average molecular weight is 433 g/mol. The zero-order chi connectivity index (χ0) is 22.1. The van der Waals surface area contributed by atoms with Crippen molar-refractivity contribution in [3.8, 4) is 11.5 Å². The van der Waals surface area contributed by atoms with Crippen LogP contribution < -0.4 is 9.47 Å². The summed E-state index contributed by atoms with van der Waals surface area (Å²) in [5.74, 6) is 1.61. The molecule has 0 unspecified atom stereocenters. The number of amides is 1. The Bertz CT molecular complexity index is 788. The number of methoxy groups -OCH3 is 2. The standard InChI is InChI=1S/C23H32N2O4S/c1-7-24(16-18-8-12-20(27-5)13-9-18)30-25(22(26)29-23(2,3)4)17-19-10-14-21(28-6)15-11-19/h8-15H,7,16-17H2,1-6H3. The average Bonchev–Trinajstić information content (AvgIpc) is 2.72. The van der Waals surface area contributed by atoms with Crippen LogP contribution in [0.5, 0.6) is 11.5 Å². The van der Waals surface area contributed by atoms with Crippen molar-refractivity contribution in [1.29, 1.82) is 0 Å². The summed E-state index contributed by atoms with van der Waals surface area (Å²) in [4.78, 5) is 12.9. The zero-order valence-electron chi connectivity index (χ0n) is 18.7. The Hall–Kier alpha value is -2.38. The summed E-state index contributed by atoms with van der Waals surface area (Å²) in [6, 6.07) is 15.6. The topological polar surface area (TPSA) is 51.2 Å². The van der Waals surface area contributed by atoms with Gasteiger partial charge in [-0.05, 0) is 56.2 Å². The lowest BCUT2D eigenvalue weighted by Crippen LogP contribution is -2.35. The summed E-state index contributed by atoms with van der Waals surface area (Å²) in [7, 11) is 3.29. The van der Waals surface area contributed by atoms with E-state index in [-0.39, 0.29) is 6.09 Å². The van der Waals surface area contributed by atoms with Gasteiger partial charge in [0.1, 0.15) is 17.1 Å². The first-order chi connectivity index (χ1) is 14.2. The van der Waals surface area contributed by atoms with Crippen molar-refractivity contribution in [3.63, 3.8) is 0 Å². The number of rotatable bonds is 9. The van der Waals surface area contributed by atoms with Crippen LogP contribution >= 0.6 is 12.1 Å². The maximum Gasteiger partial charge on any atom is 0.421 e. The van der Waals surface area contributed by atoms with Gasteiger partial charge in [0.2, 0.25) is 0 Å².